The number of anilines is 1. The Morgan fingerprint density at radius 2 is 1.52 bits per heavy atom. The average molecular weight is 744 g/mol. The third kappa shape index (κ3) is 11.3. The van der Waals surface area contributed by atoms with Crippen LogP contribution >= 0.6 is 0 Å². The second-order valence-corrected chi connectivity index (χ2v) is 13.5. The first-order chi connectivity index (χ1) is 25.8. The van der Waals surface area contributed by atoms with E-state index in [4.69, 9.17) is 4.74 Å². The Labute approximate surface area is 314 Å². The minimum absolute atomic E-state index is 0.0880. The highest BCUT2D eigenvalue weighted by Crippen LogP contribution is 2.24. The number of nitro groups is 1. The second kappa shape index (κ2) is 19.3. The zero-order valence-corrected chi connectivity index (χ0v) is 31.2. The number of nitrogens with zero attached hydrogens (tertiary/aromatic N) is 2. The molecule has 0 unspecified atom stereocenters. The van der Waals surface area contributed by atoms with Gasteiger partial charge >= 0.3 is 6.09 Å². The summed E-state index contributed by atoms with van der Waals surface area (Å²) in [6.45, 7) is 10.0. The molecule has 0 spiro atoms. The van der Waals surface area contributed by atoms with Crippen molar-refractivity contribution in [1.82, 2.24) is 26.6 Å². The molecule has 1 aliphatic rings. The molecule has 15 heteroatoms. The first-order valence-electron chi connectivity index (χ1n) is 18.1. The highest BCUT2D eigenvalue weighted by atomic mass is 16.6. The van der Waals surface area contributed by atoms with Crippen LogP contribution in [0.15, 0.2) is 72.8 Å². The molecule has 1 heterocycles. The highest BCUT2D eigenvalue weighted by Gasteiger charge is 2.28. The minimum Gasteiger partial charge on any atom is -0.449 e. The molecule has 1 fully saturated rings. The van der Waals surface area contributed by atoms with Crippen molar-refractivity contribution in [3.8, 4) is 0 Å². The fraction of sp³-hybridized carbons (Fsp3) is 0.410. The van der Waals surface area contributed by atoms with E-state index in [9.17, 15) is 34.1 Å². The number of rotatable bonds is 17. The lowest BCUT2D eigenvalue weighted by molar-refractivity contribution is -0.384. The molecule has 1 aliphatic heterocycles. The van der Waals surface area contributed by atoms with Crippen molar-refractivity contribution in [1.29, 1.82) is 0 Å². The summed E-state index contributed by atoms with van der Waals surface area (Å²) >= 11 is 0. The maximum Gasteiger partial charge on any atom is 0.414 e. The molecule has 288 valence electrons. The number of nitro benzene ring substituents is 1. The maximum atomic E-state index is 14.0. The average Bonchev–Trinajstić information content (AvgIpc) is 3.16. The van der Waals surface area contributed by atoms with E-state index >= 15 is 0 Å². The van der Waals surface area contributed by atoms with E-state index in [1.54, 1.807) is 26.0 Å². The van der Waals surface area contributed by atoms with E-state index in [-0.39, 0.29) is 54.3 Å². The number of likely N-dealkylation sites (N-methyl/N-ethyl adjacent to an activating group) is 1. The van der Waals surface area contributed by atoms with Crippen molar-refractivity contribution in [2.75, 3.05) is 31.1 Å². The number of nitrogens with one attached hydrogen (secondary N) is 5. The number of amides is 5. The molecule has 15 nitrogen and oxygen atoms in total. The van der Waals surface area contributed by atoms with E-state index in [0.29, 0.717) is 30.8 Å². The lowest BCUT2D eigenvalue weighted by atomic mass is 10.0. The number of cyclic esters (lactones) is 1. The summed E-state index contributed by atoms with van der Waals surface area (Å²) in [7, 11) is 0. The van der Waals surface area contributed by atoms with Gasteiger partial charge in [0.15, 0.2) is 0 Å². The van der Waals surface area contributed by atoms with Crippen molar-refractivity contribution in [2.24, 2.45) is 5.92 Å². The van der Waals surface area contributed by atoms with Gasteiger partial charge in [-0.2, -0.15) is 0 Å². The molecule has 3 aromatic carbocycles. The quantitative estimate of drug-likeness (QED) is 0.100. The topological polar surface area (TPSA) is 201 Å². The number of hydrogen-bond acceptors (Lipinski definition) is 9. The van der Waals surface area contributed by atoms with Crippen LogP contribution in [0.5, 0.6) is 0 Å². The van der Waals surface area contributed by atoms with Gasteiger partial charge in [0.1, 0.15) is 6.04 Å². The van der Waals surface area contributed by atoms with Gasteiger partial charge < -0.3 is 31.3 Å². The Balaban J connectivity index is 1.59. The maximum absolute atomic E-state index is 14.0. The number of benzene rings is 3. The summed E-state index contributed by atoms with van der Waals surface area (Å²) in [4.78, 5) is 78.3. The molecular formula is C39H49N7O8. The van der Waals surface area contributed by atoms with Gasteiger partial charge in [-0.15, -0.1) is 0 Å². The van der Waals surface area contributed by atoms with Crippen molar-refractivity contribution >= 4 is 41.1 Å². The third-order valence-corrected chi connectivity index (χ3v) is 9.00. The minimum atomic E-state index is -0.771. The smallest absolute Gasteiger partial charge is 0.414 e. The fourth-order valence-corrected chi connectivity index (χ4v) is 5.91. The predicted octanol–water partition coefficient (Wildman–Crippen LogP) is 4.03. The Morgan fingerprint density at radius 1 is 0.870 bits per heavy atom. The van der Waals surface area contributed by atoms with E-state index in [1.807, 2.05) is 51.1 Å². The zero-order valence-electron chi connectivity index (χ0n) is 31.2. The molecule has 4 atom stereocenters. The lowest BCUT2D eigenvalue weighted by Gasteiger charge is -2.27. The van der Waals surface area contributed by atoms with Gasteiger partial charge in [0.05, 0.1) is 23.6 Å². The van der Waals surface area contributed by atoms with Crippen molar-refractivity contribution < 1.29 is 33.6 Å². The van der Waals surface area contributed by atoms with Crippen molar-refractivity contribution in [3.05, 3.63) is 105 Å². The number of carbonyl (C=O) groups is 5. The molecule has 4 rings (SSSR count). The first-order valence-corrected chi connectivity index (χ1v) is 18.1. The Hall–Kier alpha value is -5.83. The molecule has 0 radical (unpaired) electrons. The Morgan fingerprint density at radius 3 is 2.11 bits per heavy atom. The molecule has 54 heavy (non-hydrogen) atoms. The summed E-state index contributed by atoms with van der Waals surface area (Å²) in [6, 6.07) is 17.3. The summed E-state index contributed by atoms with van der Waals surface area (Å²) in [5.74, 6) is -1.89. The summed E-state index contributed by atoms with van der Waals surface area (Å²) in [5.41, 5.74) is 2.04. The molecule has 3 aromatic rings. The number of ether oxygens (including phenoxy) is 1. The zero-order chi connectivity index (χ0) is 39.4. The van der Waals surface area contributed by atoms with E-state index in [2.05, 4.69) is 26.6 Å². The number of non-ortho nitro benzene ring substituents is 1. The van der Waals surface area contributed by atoms with Crippen LogP contribution in [0.3, 0.4) is 0 Å². The van der Waals surface area contributed by atoms with E-state index < -0.39 is 46.9 Å². The standard InChI is InChI=1S/C39H49N7O8/c1-6-40-38(50)34(24(2)3)44-35(47)26(5)41-23-31(19-27-13-15-32(16-14-27)46(52)53)43-37(49)30-20-29(21-33(22-30)45-17-10-18-54-39(45)51)36(48)42-25(4)28-11-8-7-9-12-28/h7-9,11-16,20-22,24-26,31,34,41H,6,10,17-19,23H2,1-5H3,(H,40,50)(H,42,48)(H,43,49)(H,44,47)/t25-,26+,31+,34+/m1/s1. The number of hydrogen-bond donors (Lipinski definition) is 5. The van der Waals surface area contributed by atoms with Crippen LogP contribution < -0.4 is 31.5 Å². The van der Waals surface area contributed by atoms with Gasteiger partial charge in [0.2, 0.25) is 11.8 Å². The van der Waals surface area contributed by atoms with Crippen LogP contribution in [0.25, 0.3) is 0 Å². The monoisotopic (exact) mass is 743 g/mol. The second-order valence-electron chi connectivity index (χ2n) is 13.5. The molecular weight excluding hydrogens is 694 g/mol. The highest BCUT2D eigenvalue weighted by molar-refractivity contribution is 6.03. The van der Waals surface area contributed by atoms with Gasteiger partial charge in [-0.05, 0) is 68.9 Å². The third-order valence-electron chi connectivity index (χ3n) is 9.00. The van der Waals surface area contributed by atoms with Crippen LogP contribution in [0, 0.1) is 16.0 Å². The van der Waals surface area contributed by atoms with Gasteiger partial charge in [0, 0.05) is 54.6 Å². The van der Waals surface area contributed by atoms with E-state index in [1.165, 1.54) is 35.2 Å². The fourth-order valence-electron chi connectivity index (χ4n) is 5.91. The molecule has 5 N–H and O–H groups in total. The molecule has 0 aromatic heterocycles. The molecule has 0 aliphatic carbocycles. The van der Waals surface area contributed by atoms with Crippen LogP contribution in [0.2, 0.25) is 0 Å². The van der Waals surface area contributed by atoms with Crippen LogP contribution in [0.4, 0.5) is 16.2 Å². The van der Waals surface area contributed by atoms with Crippen LogP contribution in [0.1, 0.15) is 78.9 Å². The Kier molecular flexibility index (Phi) is 14.6. The van der Waals surface area contributed by atoms with Crippen molar-refractivity contribution in [2.45, 2.75) is 71.6 Å². The van der Waals surface area contributed by atoms with Gasteiger partial charge in [-0.3, -0.25) is 34.2 Å². The van der Waals surface area contributed by atoms with E-state index in [0.717, 1.165) is 5.56 Å². The lowest BCUT2D eigenvalue weighted by Crippen LogP contribution is -2.55. The van der Waals surface area contributed by atoms with Crippen molar-refractivity contribution in [3.63, 3.8) is 0 Å². The normalized spacial score (nSPS) is 14.9. The predicted molar refractivity (Wildman–Crippen MR) is 203 cm³/mol. The van der Waals surface area contributed by atoms with Gasteiger partial charge in [0.25, 0.3) is 17.5 Å². The Bertz CT molecular complexity index is 1800. The van der Waals surface area contributed by atoms with Gasteiger partial charge in [-0.1, -0.05) is 56.3 Å². The SMILES string of the molecule is CCNC(=O)[C@@H](NC(=O)[C@H](C)NC[C@H](Cc1ccc([N+](=O)[O-])cc1)NC(=O)c1cc(C(=O)N[C@H](C)c2ccccc2)cc(N2CCCOC2=O)c1)C(C)C. The van der Waals surface area contributed by atoms with Crippen LogP contribution in [-0.4, -0.2) is 79.0 Å². The molecule has 1 saturated heterocycles. The summed E-state index contributed by atoms with van der Waals surface area (Å²) in [6.07, 6.45) is 0.186. The molecule has 0 bridgehead atoms. The molecule has 5 amide bonds. The summed E-state index contributed by atoms with van der Waals surface area (Å²) in [5, 5.41) is 25.9. The van der Waals surface area contributed by atoms with Gasteiger partial charge in [-0.25, -0.2) is 4.79 Å². The number of carbonyl (C=O) groups excluding carboxylic acids is 5. The largest absolute Gasteiger partial charge is 0.449 e. The first kappa shape index (κ1) is 40.9. The molecule has 0 saturated carbocycles. The summed E-state index contributed by atoms with van der Waals surface area (Å²) < 4.78 is 5.24. The van der Waals surface area contributed by atoms with Crippen LogP contribution in [-0.2, 0) is 20.7 Å².